The number of carbonyl (C=O) groups is 2. The van der Waals surface area contributed by atoms with E-state index in [1.807, 2.05) is 0 Å². The van der Waals surface area contributed by atoms with E-state index in [2.05, 4.69) is 0 Å². The zero-order chi connectivity index (χ0) is 14.6. The van der Waals surface area contributed by atoms with Gasteiger partial charge in [0.05, 0.1) is 7.11 Å². The first-order valence-corrected chi connectivity index (χ1v) is 7.17. The monoisotopic (exact) mass is 307 g/mol. The van der Waals surface area contributed by atoms with Gasteiger partial charge in [-0.15, -0.1) is 0 Å². The lowest BCUT2D eigenvalue weighted by Crippen LogP contribution is -2.29. The molecule has 0 bridgehead atoms. The maximum absolute atomic E-state index is 11.2. The van der Waals surface area contributed by atoms with E-state index in [0.717, 1.165) is 0 Å². The number of benzene rings is 1. The molecule has 0 fully saturated rings. The number of halogens is 1. The number of Topliss-reactive ketones (excluding diaryl/α,β-unsaturated/α-hetero) is 1. The van der Waals surface area contributed by atoms with Crippen LogP contribution in [0.3, 0.4) is 0 Å². The number of carbonyl (C=O) groups excluding carboxylic acids is 2. The Hall–Kier alpha value is -1.80. The van der Waals surface area contributed by atoms with E-state index in [4.69, 9.17) is 20.2 Å². The largest absolute Gasteiger partial charge is 0.493 e. The van der Waals surface area contributed by atoms with E-state index in [1.54, 1.807) is 0 Å². The highest BCUT2D eigenvalue weighted by Crippen LogP contribution is 2.28. The third-order valence-corrected chi connectivity index (χ3v) is 2.62. The van der Waals surface area contributed by atoms with Crippen LogP contribution in [0.5, 0.6) is 11.5 Å². The van der Waals surface area contributed by atoms with Gasteiger partial charge >= 0.3 is 15.3 Å². The molecule has 1 amide bonds. The lowest BCUT2D eigenvalue weighted by Gasteiger charge is -2.09. The molecule has 1 aromatic carbocycles. The van der Waals surface area contributed by atoms with Gasteiger partial charge in [-0.2, -0.15) is 8.42 Å². The van der Waals surface area contributed by atoms with Crippen molar-refractivity contribution in [3.8, 4) is 11.5 Å². The number of ether oxygens (including phenoxy) is 2. The van der Waals surface area contributed by atoms with Crippen molar-refractivity contribution in [3.63, 3.8) is 0 Å². The lowest BCUT2D eigenvalue weighted by atomic mass is 10.1. The van der Waals surface area contributed by atoms with Crippen LogP contribution < -0.4 is 14.2 Å². The zero-order valence-electron chi connectivity index (χ0n) is 9.97. The molecule has 0 unspecified atom stereocenters. The first-order chi connectivity index (χ1) is 8.73. The van der Waals surface area contributed by atoms with Crippen molar-refractivity contribution in [2.24, 2.45) is 0 Å². The van der Waals surface area contributed by atoms with Crippen LogP contribution in [-0.4, -0.2) is 27.4 Å². The van der Waals surface area contributed by atoms with E-state index >= 15 is 0 Å². The molecule has 1 rings (SSSR count). The minimum atomic E-state index is -4.23. The van der Waals surface area contributed by atoms with Gasteiger partial charge in [-0.05, 0) is 25.1 Å². The molecule has 1 aromatic rings. The lowest BCUT2D eigenvalue weighted by molar-refractivity contribution is 0.101. The molecule has 0 atom stereocenters. The summed E-state index contributed by atoms with van der Waals surface area (Å²) in [5, 5.41) is 0. The third kappa shape index (κ3) is 4.76. The quantitative estimate of drug-likeness (QED) is 0.668. The zero-order valence-corrected chi connectivity index (χ0v) is 11.5. The molecule has 0 spiro atoms. The highest BCUT2D eigenvalue weighted by atomic mass is 35.7. The molecule has 0 aliphatic heterocycles. The van der Waals surface area contributed by atoms with Gasteiger partial charge in [0.15, 0.2) is 17.3 Å². The Morgan fingerprint density at radius 1 is 1.26 bits per heavy atom. The topological polar surface area (TPSA) is 98.8 Å². The predicted molar refractivity (Wildman–Crippen MR) is 66.9 cm³/mol. The van der Waals surface area contributed by atoms with Gasteiger partial charge in [-0.1, -0.05) is 0 Å². The summed E-state index contributed by atoms with van der Waals surface area (Å²) in [7, 11) is 1.90. The molecular formula is C10H10ClNO6S. The van der Waals surface area contributed by atoms with Crippen molar-refractivity contribution in [1.82, 2.24) is 4.72 Å². The van der Waals surface area contributed by atoms with Gasteiger partial charge in [-0.25, -0.2) is 9.52 Å². The molecule has 19 heavy (non-hydrogen) atoms. The average Bonchev–Trinajstić information content (AvgIpc) is 2.26. The van der Waals surface area contributed by atoms with Crippen molar-refractivity contribution >= 4 is 31.8 Å². The fourth-order valence-electron chi connectivity index (χ4n) is 1.19. The van der Waals surface area contributed by atoms with E-state index in [1.165, 1.54) is 37.0 Å². The molecule has 0 aliphatic rings. The average molecular weight is 308 g/mol. The van der Waals surface area contributed by atoms with Crippen LogP contribution in [0.2, 0.25) is 0 Å². The molecule has 1 N–H and O–H groups in total. The maximum atomic E-state index is 11.2. The van der Waals surface area contributed by atoms with Crippen LogP contribution in [0, 0.1) is 0 Å². The summed E-state index contributed by atoms with van der Waals surface area (Å²) in [4.78, 5) is 22.4. The number of nitrogens with one attached hydrogen (secondary N) is 1. The van der Waals surface area contributed by atoms with E-state index in [9.17, 15) is 18.0 Å². The SMILES string of the molecule is COc1cc(C(C)=O)ccc1OC(=O)NS(=O)(=O)Cl. The Labute approximate surface area is 114 Å². The number of methoxy groups -OCH3 is 1. The Bertz CT molecular complexity index is 612. The number of hydrogen-bond acceptors (Lipinski definition) is 6. The molecule has 0 heterocycles. The van der Waals surface area contributed by atoms with Crippen molar-refractivity contribution < 1.29 is 27.5 Å². The third-order valence-electron chi connectivity index (χ3n) is 1.98. The molecule has 9 heteroatoms. The summed E-state index contributed by atoms with van der Waals surface area (Å²) in [6.07, 6.45) is -1.29. The summed E-state index contributed by atoms with van der Waals surface area (Å²) < 4.78 is 32.2. The normalized spacial score (nSPS) is 10.7. The van der Waals surface area contributed by atoms with Gasteiger partial charge < -0.3 is 9.47 Å². The van der Waals surface area contributed by atoms with Crippen molar-refractivity contribution in [2.45, 2.75) is 6.92 Å². The molecule has 7 nitrogen and oxygen atoms in total. The molecular weight excluding hydrogens is 298 g/mol. The first-order valence-electron chi connectivity index (χ1n) is 4.86. The molecule has 0 radical (unpaired) electrons. The number of amides is 1. The minimum Gasteiger partial charge on any atom is -0.493 e. The van der Waals surface area contributed by atoms with Crippen molar-refractivity contribution in [2.75, 3.05) is 7.11 Å². The molecule has 104 valence electrons. The first kappa shape index (κ1) is 15.3. The maximum Gasteiger partial charge on any atom is 0.427 e. The second kappa shape index (κ2) is 5.89. The van der Waals surface area contributed by atoms with Crippen LogP contribution in [0.15, 0.2) is 18.2 Å². The Morgan fingerprint density at radius 3 is 2.37 bits per heavy atom. The van der Waals surface area contributed by atoms with Crippen molar-refractivity contribution in [3.05, 3.63) is 23.8 Å². The van der Waals surface area contributed by atoms with Crippen LogP contribution in [0.4, 0.5) is 4.79 Å². The number of ketones is 1. The summed E-state index contributed by atoms with van der Waals surface area (Å²) in [6, 6.07) is 4.07. The second-order valence-corrected chi connectivity index (χ2v) is 5.65. The molecule has 0 aliphatic carbocycles. The van der Waals surface area contributed by atoms with Gasteiger partial charge in [-0.3, -0.25) is 4.79 Å². The van der Waals surface area contributed by atoms with Gasteiger partial charge in [0.2, 0.25) is 0 Å². The summed E-state index contributed by atoms with van der Waals surface area (Å²) in [5.41, 5.74) is 0.356. The summed E-state index contributed by atoms with van der Waals surface area (Å²) >= 11 is 0. The molecule has 0 aromatic heterocycles. The van der Waals surface area contributed by atoms with Gasteiger partial charge in [0, 0.05) is 16.2 Å². The number of hydrogen-bond donors (Lipinski definition) is 1. The van der Waals surface area contributed by atoms with E-state index in [-0.39, 0.29) is 17.3 Å². The second-order valence-electron chi connectivity index (χ2n) is 3.35. The fourth-order valence-corrected chi connectivity index (χ4v) is 1.62. The van der Waals surface area contributed by atoms with Crippen LogP contribution >= 0.6 is 10.7 Å². The highest BCUT2D eigenvalue weighted by Gasteiger charge is 2.16. The molecule has 0 saturated heterocycles. The summed E-state index contributed by atoms with van der Waals surface area (Å²) in [5.74, 6) is -0.141. The highest BCUT2D eigenvalue weighted by molar-refractivity contribution is 8.12. The minimum absolute atomic E-state index is 0.0506. The fraction of sp³-hybridized carbons (Fsp3) is 0.200. The van der Waals surface area contributed by atoms with Crippen molar-refractivity contribution in [1.29, 1.82) is 0 Å². The smallest absolute Gasteiger partial charge is 0.427 e. The molecule has 0 saturated carbocycles. The Balaban J connectivity index is 2.95. The van der Waals surface area contributed by atoms with E-state index in [0.29, 0.717) is 5.56 Å². The van der Waals surface area contributed by atoms with Crippen LogP contribution in [-0.2, 0) is 9.24 Å². The summed E-state index contributed by atoms with van der Waals surface area (Å²) in [6.45, 7) is 1.36. The number of rotatable bonds is 4. The van der Waals surface area contributed by atoms with Crippen LogP contribution in [0.25, 0.3) is 0 Å². The van der Waals surface area contributed by atoms with Crippen LogP contribution in [0.1, 0.15) is 17.3 Å². The Morgan fingerprint density at radius 2 is 1.89 bits per heavy atom. The van der Waals surface area contributed by atoms with Gasteiger partial charge in [0.1, 0.15) is 0 Å². The van der Waals surface area contributed by atoms with E-state index < -0.39 is 15.3 Å². The van der Waals surface area contributed by atoms with Gasteiger partial charge in [0.25, 0.3) is 0 Å². The Kier molecular flexibility index (Phi) is 4.73. The standard InChI is InChI=1S/C10H10ClNO6S/c1-6(13)7-3-4-8(9(5-7)17-2)18-10(14)12-19(11,15)16/h3-5H,1-2H3,(H,12,14). The predicted octanol–water partition coefficient (Wildman–Crippen LogP) is 1.47.